The van der Waals surface area contributed by atoms with Gasteiger partial charge >= 0.3 is 0 Å². The third kappa shape index (κ3) is 9.48. The molecule has 84 valence electrons. The average molecular weight is 202 g/mol. The summed E-state index contributed by atoms with van der Waals surface area (Å²) >= 11 is 0. The predicted molar refractivity (Wildman–Crippen MR) is 56.7 cm³/mol. The van der Waals surface area contributed by atoms with Crippen LogP contribution in [0.25, 0.3) is 0 Å². The van der Waals surface area contributed by atoms with Crippen LogP contribution in [0, 0.1) is 0 Å². The van der Waals surface area contributed by atoms with E-state index in [9.17, 15) is 4.79 Å². The first-order chi connectivity index (χ1) is 6.10. The van der Waals surface area contributed by atoms with Gasteiger partial charge in [0.15, 0.2) is 0 Å². The van der Waals surface area contributed by atoms with Crippen molar-refractivity contribution in [2.24, 2.45) is 0 Å². The minimum absolute atomic E-state index is 0.0678. The standard InChI is InChI=1S/C10H22N2O2/c1-9(2,3)12-8(13)7-11-14-10(4,5)6/h11H,7H2,1-6H3,(H,12,13). The molecule has 0 aliphatic carbocycles. The van der Waals surface area contributed by atoms with Crippen LogP contribution in [0.15, 0.2) is 0 Å². The molecule has 0 unspecified atom stereocenters. The lowest BCUT2D eigenvalue weighted by atomic mass is 10.1. The Bertz CT molecular complexity index is 189. The van der Waals surface area contributed by atoms with Gasteiger partial charge in [0.1, 0.15) is 0 Å². The average Bonchev–Trinajstić information content (AvgIpc) is 1.78. The van der Waals surface area contributed by atoms with Gasteiger partial charge in [-0.3, -0.25) is 9.63 Å². The van der Waals surface area contributed by atoms with Gasteiger partial charge in [-0.05, 0) is 41.5 Å². The largest absolute Gasteiger partial charge is 0.350 e. The monoisotopic (exact) mass is 202 g/mol. The highest BCUT2D eigenvalue weighted by molar-refractivity contribution is 5.78. The highest BCUT2D eigenvalue weighted by atomic mass is 16.7. The van der Waals surface area contributed by atoms with Gasteiger partial charge in [0.25, 0.3) is 0 Å². The van der Waals surface area contributed by atoms with E-state index in [4.69, 9.17) is 4.84 Å². The van der Waals surface area contributed by atoms with E-state index in [0.717, 1.165) is 0 Å². The number of hydrogen-bond donors (Lipinski definition) is 2. The van der Waals surface area contributed by atoms with Crippen molar-refractivity contribution < 1.29 is 9.63 Å². The molecule has 1 amide bonds. The second-order valence-corrected chi connectivity index (χ2v) is 5.33. The second-order valence-electron chi connectivity index (χ2n) is 5.33. The van der Waals surface area contributed by atoms with Crippen molar-refractivity contribution in [2.45, 2.75) is 52.7 Å². The Balaban J connectivity index is 3.66. The smallest absolute Gasteiger partial charge is 0.236 e. The maximum Gasteiger partial charge on any atom is 0.236 e. The summed E-state index contributed by atoms with van der Waals surface area (Å²) in [6, 6.07) is 0. The van der Waals surface area contributed by atoms with E-state index >= 15 is 0 Å². The summed E-state index contributed by atoms with van der Waals surface area (Å²) in [7, 11) is 0. The van der Waals surface area contributed by atoms with E-state index in [1.54, 1.807) is 0 Å². The molecule has 0 saturated heterocycles. The Labute approximate surface area is 86.4 Å². The number of amides is 1. The van der Waals surface area contributed by atoms with Crippen LogP contribution in [-0.4, -0.2) is 23.6 Å². The topological polar surface area (TPSA) is 50.4 Å². The zero-order chi connectivity index (χ0) is 11.4. The number of nitrogens with one attached hydrogen (secondary N) is 2. The van der Waals surface area contributed by atoms with Crippen LogP contribution in [-0.2, 0) is 9.63 Å². The number of carbonyl (C=O) groups is 1. The first kappa shape index (κ1) is 13.4. The molecule has 0 aliphatic heterocycles. The molecule has 0 aromatic heterocycles. The maximum absolute atomic E-state index is 11.3. The van der Waals surface area contributed by atoms with Crippen molar-refractivity contribution in [1.29, 1.82) is 0 Å². The van der Waals surface area contributed by atoms with Gasteiger partial charge in [0, 0.05) is 5.54 Å². The van der Waals surface area contributed by atoms with Crippen LogP contribution >= 0.6 is 0 Å². The zero-order valence-electron chi connectivity index (χ0n) is 10.0. The fourth-order valence-electron chi connectivity index (χ4n) is 0.781. The van der Waals surface area contributed by atoms with Crippen LogP contribution in [0.5, 0.6) is 0 Å². The molecule has 0 rings (SSSR count). The minimum atomic E-state index is -0.276. The number of rotatable bonds is 3. The third-order valence-electron chi connectivity index (χ3n) is 1.13. The normalized spacial score (nSPS) is 12.7. The molecule has 2 N–H and O–H groups in total. The highest BCUT2D eigenvalue weighted by Crippen LogP contribution is 2.03. The van der Waals surface area contributed by atoms with E-state index in [1.165, 1.54) is 0 Å². The second kappa shape index (κ2) is 4.75. The molecular formula is C10H22N2O2. The molecule has 14 heavy (non-hydrogen) atoms. The van der Waals surface area contributed by atoms with E-state index in [2.05, 4.69) is 10.8 Å². The fourth-order valence-corrected chi connectivity index (χ4v) is 0.781. The third-order valence-corrected chi connectivity index (χ3v) is 1.13. The number of hydrogen-bond acceptors (Lipinski definition) is 3. The SMILES string of the molecule is CC(C)(C)NC(=O)CNOC(C)(C)C. The molecule has 4 heteroatoms. The summed E-state index contributed by atoms with van der Waals surface area (Å²) in [5.74, 6) is -0.0678. The summed E-state index contributed by atoms with van der Waals surface area (Å²) in [4.78, 5) is 16.5. The fraction of sp³-hybridized carbons (Fsp3) is 0.900. The predicted octanol–water partition coefficient (Wildman–Crippen LogP) is 1.22. The van der Waals surface area contributed by atoms with Crippen LogP contribution in [0.3, 0.4) is 0 Å². The van der Waals surface area contributed by atoms with Crippen molar-refractivity contribution in [3.05, 3.63) is 0 Å². The summed E-state index contributed by atoms with van der Waals surface area (Å²) in [6.45, 7) is 11.8. The van der Waals surface area contributed by atoms with E-state index in [-0.39, 0.29) is 23.6 Å². The highest BCUT2D eigenvalue weighted by Gasteiger charge is 2.15. The Morgan fingerprint density at radius 1 is 1.14 bits per heavy atom. The van der Waals surface area contributed by atoms with Gasteiger partial charge in [0.05, 0.1) is 12.1 Å². The Kier molecular flexibility index (Phi) is 4.55. The van der Waals surface area contributed by atoms with Crippen molar-refractivity contribution in [3.63, 3.8) is 0 Å². The molecule has 0 atom stereocenters. The molecule has 0 aromatic rings. The molecular weight excluding hydrogens is 180 g/mol. The van der Waals surface area contributed by atoms with Crippen molar-refractivity contribution in [2.75, 3.05) is 6.54 Å². The molecule has 0 bridgehead atoms. The molecule has 4 nitrogen and oxygen atoms in total. The molecule has 0 radical (unpaired) electrons. The Morgan fingerprint density at radius 2 is 1.64 bits per heavy atom. The first-order valence-electron chi connectivity index (χ1n) is 4.82. The van der Waals surface area contributed by atoms with Gasteiger partial charge in [-0.1, -0.05) is 0 Å². The molecule has 0 aliphatic rings. The summed E-state index contributed by atoms with van der Waals surface area (Å²) in [5, 5.41) is 2.82. The molecule has 0 heterocycles. The Hall–Kier alpha value is -0.610. The lowest BCUT2D eigenvalue weighted by Gasteiger charge is -2.22. The van der Waals surface area contributed by atoms with Gasteiger partial charge in [0.2, 0.25) is 5.91 Å². The van der Waals surface area contributed by atoms with Crippen molar-refractivity contribution >= 4 is 5.91 Å². The van der Waals surface area contributed by atoms with Crippen molar-refractivity contribution in [3.8, 4) is 0 Å². The van der Waals surface area contributed by atoms with E-state index in [1.807, 2.05) is 41.5 Å². The van der Waals surface area contributed by atoms with Gasteiger partial charge in [-0.15, -0.1) is 0 Å². The van der Waals surface area contributed by atoms with Gasteiger partial charge in [-0.25, -0.2) is 0 Å². The molecule has 0 aromatic carbocycles. The summed E-state index contributed by atoms with van der Waals surface area (Å²) in [6.07, 6.45) is 0. The number of hydroxylamine groups is 1. The van der Waals surface area contributed by atoms with Gasteiger partial charge < -0.3 is 5.32 Å². The summed E-state index contributed by atoms with van der Waals surface area (Å²) < 4.78 is 0. The molecule has 0 fully saturated rings. The molecule has 0 saturated carbocycles. The molecule has 0 spiro atoms. The van der Waals surface area contributed by atoms with E-state index < -0.39 is 0 Å². The lowest BCUT2D eigenvalue weighted by Crippen LogP contribution is -2.45. The maximum atomic E-state index is 11.3. The number of carbonyl (C=O) groups excluding carboxylic acids is 1. The Morgan fingerprint density at radius 3 is 2.00 bits per heavy atom. The minimum Gasteiger partial charge on any atom is -0.350 e. The van der Waals surface area contributed by atoms with E-state index in [0.29, 0.717) is 0 Å². The van der Waals surface area contributed by atoms with Crippen LogP contribution in [0.4, 0.5) is 0 Å². The van der Waals surface area contributed by atoms with Gasteiger partial charge in [-0.2, -0.15) is 5.48 Å². The van der Waals surface area contributed by atoms with Crippen LogP contribution in [0.2, 0.25) is 0 Å². The lowest BCUT2D eigenvalue weighted by molar-refractivity contribution is -0.128. The zero-order valence-corrected chi connectivity index (χ0v) is 10.0. The quantitative estimate of drug-likeness (QED) is 0.677. The van der Waals surface area contributed by atoms with Crippen LogP contribution in [0.1, 0.15) is 41.5 Å². The van der Waals surface area contributed by atoms with Crippen molar-refractivity contribution in [1.82, 2.24) is 10.8 Å². The summed E-state index contributed by atoms with van der Waals surface area (Å²) in [5.41, 5.74) is 2.17. The first-order valence-corrected chi connectivity index (χ1v) is 4.82. The van der Waals surface area contributed by atoms with Crippen LogP contribution < -0.4 is 10.8 Å².